The first-order valence-electron chi connectivity index (χ1n) is 9.65. The number of aryl methyl sites for hydroxylation is 1. The molecule has 3 rings (SSSR count). The normalized spacial score (nSPS) is 10.3. The van der Waals surface area contributed by atoms with Gasteiger partial charge in [0.05, 0.1) is 14.2 Å². The van der Waals surface area contributed by atoms with E-state index in [1.807, 2.05) is 42.5 Å². The van der Waals surface area contributed by atoms with E-state index in [4.69, 9.17) is 18.6 Å². The molecule has 0 atom stereocenters. The van der Waals surface area contributed by atoms with E-state index in [0.717, 1.165) is 5.56 Å². The summed E-state index contributed by atoms with van der Waals surface area (Å²) in [6, 6.07) is 17.9. The van der Waals surface area contributed by atoms with Gasteiger partial charge in [0.15, 0.2) is 5.76 Å². The Morgan fingerprint density at radius 2 is 1.58 bits per heavy atom. The van der Waals surface area contributed by atoms with E-state index in [-0.39, 0.29) is 24.7 Å². The highest BCUT2D eigenvalue weighted by Crippen LogP contribution is 2.23. The summed E-state index contributed by atoms with van der Waals surface area (Å²) in [7, 11) is 3.13. The van der Waals surface area contributed by atoms with Crippen LogP contribution in [0.5, 0.6) is 17.2 Å². The van der Waals surface area contributed by atoms with Crippen molar-refractivity contribution in [2.75, 3.05) is 14.2 Å². The molecular formula is C23H24N2O6. The molecule has 0 aliphatic heterocycles. The molecule has 0 fully saturated rings. The molecule has 2 N–H and O–H groups in total. The van der Waals surface area contributed by atoms with Crippen LogP contribution in [0.15, 0.2) is 65.1 Å². The average Bonchev–Trinajstić information content (AvgIpc) is 3.29. The lowest BCUT2D eigenvalue weighted by Crippen LogP contribution is -2.41. The summed E-state index contributed by atoms with van der Waals surface area (Å²) >= 11 is 0. The molecule has 0 bridgehead atoms. The molecule has 162 valence electrons. The van der Waals surface area contributed by atoms with Crippen molar-refractivity contribution < 1.29 is 28.2 Å². The second-order valence-electron chi connectivity index (χ2n) is 6.59. The number of carbonyl (C=O) groups is 2. The summed E-state index contributed by atoms with van der Waals surface area (Å²) < 4.78 is 21.5. The van der Waals surface area contributed by atoms with Crippen molar-refractivity contribution in [2.45, 2.75) is 19.4 Å². The van der Waals surface area contributed by atoms with Gasteiger partial charge in [-0.3, -0.25) is 20.4 Å². The van der Waals surface area contributed by atoms with Gasteiger partial charge in [0.25, 0.3) is 0 Å². The van der Waals surface area contributed by atoms with Crippen molar-refractivity contribution in [2.24, 2.45) is 0 Å². The Morgan fingerprint density at radius 3 is 2.26 bits per heavy atom. The van der Waals surface area contributed by atoms with Crippen molar-refractivity contribution in [3.63, 3.8) is 0 Å². The number of hydrazine groups is 1. The zero-order valence-corrected chi connectivity index (χ0v) is 17.3. The Kier molecular flexibility index (Phi) is 7.53. The van der Waals surface area contributed by atoms with Gasteiger partial charge in [-0.1, -0.05) is 18.2 Å². The quantitative estimate of drug-likeness (QED) is 0.512. The molecule has 0 aliphatic carbocycles. The van der Waals surface area contributed by atoms with E-state index in [2.05, 4.69) is 10.9 Å². The molecule has 0 spiro atoms. The van der Waals surface area contributed by atoms with E-state index in [0.29, 0.717) is 29.4 Å². The van der Waals surface area contributed by atoms with E-state index >= 15 is 0 Å². The highest BCUT2D eigenvalue weighted by atomic mass is 16.5. The van der Waals surface area contributed by atoms with E-state index in [9.17, 15) is 9.59 Å². The highest BCUT2D eigenvalue weighted by Gasteiger charge is 2.13. The number of furan rings is 1. The number of carbonyl (C=O) groups excluding carboxylic acids is 2. The van der Waals surface area contributed by atoms with Gasteiger partial charge in [0.1, 0.15) is 29.6 Å². The minimum atomic E-state index is -0.553. The van der Waals surface area contributed by atoms with Crippen molar-refractivity contribution in [3.8, 4) is 17.2 Å². The molecule has 8 nitrogen and oxygen atoms in total. The molecule has 8 heteroatoms. The third-order valence-corrected chi connectivity index (χ3v) is 4.38. The Morgan fingerprint density at radius 1 is 0.871 bits per heavy atom. The van der Waals surface area contributed by atoms with Crippen LogP contribution >= 0.6 is 0 Å². The molecule has 1 heterocycles. The number of hydrogen-bond acceptors (Lipinski definition) is 6. The number of methoxy groups -OCH3 is 2. The fourth-order valence-electron chi connectivity index (χ4n) is 2.77. The summed E-state index contributed by atoms with van der Waals surface area (Å²) in [5.74, 6) is 1.67. The van der Waals surface area contributed by atoms with Crippen LogP contribution in [0.25, 0.3) is 0 Å². The van der Waals surface area contributed by atoms with Crippen LogP contribution in [0.3, 0.4) is 0 Å². The lowest BCUT2D eigenvalue weighted by atomic mass is 10.1. The van der Waals surface area contributed by atoms with Crippen LogP contribution in [-0.2, 0) is 17.8 Å². The highest BCUT2D eigenvalue weighted by molar-refractivity contribution is 5.92. The number of ether oxygens (including phenoxy) is 3. The van der Waals surface area contributed by atoms with Crippen LogP contribution in [0.1, 0.15) is 28.3 Å². The van der Waals surface area contributed by atoms with Gasteiger partial charge in [-0.15, -0.1) is 0 Å². The van der Waals surface area contributed by atoms with Crippen molar-refractivity contribution >= 4 is 11.8 Å². The fourth-order valence-corrected chi connectivity index (χ4v) is 2.77. The molecule has 0 radical (unpaired) electrons. The molecule has 0 unspecified atom stereocenters. The van der Waals surface area contributed by atoms with Crippen molar-refractivity contribution in [1.82, 2.24) is 10.9 Å². The molecule has 0 saturated carbocycles. The van der Waals surface area contributed by atoms with Gasteiger partial charge in [-0.05, 0) is 48.4 Å². The third-order valence-electron chi connectivity index (χ3n) is 4.38. The first-order chi connectivity index (χ1) is 15.1. The molecular weight excluding hydrogens is 400 g/mol. The molecule has 0 aliphatic rings. The van der Waals surface area contributed by atoms with Gasteiger partial charge in [-0.25, -0.2) is 0 Å². The third kappa shape index (κ3) is 6.53. The van der Waals surface area contributed by atoms with Crippen LogP contribution in [-0.4, -0.2) is 26.0 Å². The zero-order chi connectivity index (χ0) is 22.1. The summed E-state index contributed by atoms with van der Waals surface area (Å²) in [6.45, 7) is 0.188. The summed E-state index contributed by atoms with van der Waals surface area (Å²) in [6.07, 6.45) is 0.627. The monoisotopic (exact) mass is 424 g/mol. The van der Waals surface area contributed by atoms with Gasteiger partial charge >= 0.3 is 5.91 Å². The van der Waals surface area contributed by atoms with Crippen molar-refractivity contribution in [3.05, 3.63) is 77.7 Å². The Balaban J connectivity index is 1.44. The molecule has 3 aromatic rings. The SMILES string of the molecule is COc1cc(CCC(=O)NNC(=O)c2ccc(COc3ccccc3)o2)cc(OC)c1. The average molecular weight is 424 g/mol. The van der Waals surface area contributed by atoms with Crippen LogP contribution in [0.2, 0.25) is 0 Å². The summed E-state index contributed by atoms with van der Waals surface area (Å²) in [4.78, 5) is 24.3. The fraction of sp³-hybridized carbons (Fsp3) is 0.217. The van der Waals surface area contributed by atoms with Crippen molar-refractivity contribution in [1.29, 1.82) is 0 Å². The summed E-state index contributed by atoms with van der Waals surface area (Å²) in [5.41, 5.74) is 5.61. The maximum Gasteiger partial charge on any atom is 0.305 e. The number of para-hydroxylation sites is 1. The van der Waals surface area contributed by atoms with Crippen LogP contribution < -0.4 is 25.1 Å². The van der Waals surface area contributed by atoms with Gasteiger partial charge in [0, 0.05) is 12.5 Å². The first-order valence-corrected chi connectivity index (χ1v) is 9.65. The van der Waals surface area contributed by atoms with E-state index in [1.54, 1.807) is 26.4 Å². The summed E-state index contributed by atoms with van der Waals surface area (Å²) in [5, 5.41) is 0. The predicted molar refractivity (Wildman–Crippen MR) is 113 cm³/mol. The van der Waals surface area contributed by atoms with E-state index in [1.165, 1.54) is 6.07 Å². The number of nitrogens with one attached hydrogen (secondary N) is 2. The Hall–Kier alpha value is -3.94. The maximum absolute atomic E-state index is 12.2. The van der Waals surface area contributed by atoms with Gasteiger partial charge in [-0.2, -0.15) is 0 Å². The topological polar surface area (TPSA) is 99.0 Å². The molecule has 1 aromatic heterocycles. The minimum absolute atomic E-state index is 0.0736. The van der Waals surface area contributed by atoms with Gasteiger partial charge in [0.2, 0.25) is 5.91 Å². The van der Waals surface area contributed by atoms with Crippen LogP contribution in [0, 0.1) is 0 Å². The lowest BCUT2D eigenvalue weighted by Gasteiger charge is -2.09. The first kappa shape index (κ1) is 21.8. The zero-order valence-electron chi connectivity index (χ0n) is 17.3. The van der Waals surface area contributed by atoms with Crippen LogP contribution in [0.4, 0.5) is 0 Å². The number of rotatable bonds is 9. The molecule has 2 aromatic carbocycles. The molecule has 0 saturated heterocycles. The predicted octanol–water partition coefficient (Wildman–Crippen LogP) is 3.27. The number of amides is 2. The smallest absolute Gasteiger partial charge is 0.305 e. The minimum Gasteiger partial charge on any atom is -0.497 e. The number of benzene rings is 2. The van der Waals surface area contributed by atoms with Gasteiger partial charge < -0.3 is 18.6 Å². The second kappa shape index (κ2) is 10.7. The maximum atomic E-state index is 12.2. The standard InChI is InChI=1S/C23H24N2O6/c1-28-19-12-16(13-20(14-19)29-2)8-11-22(26)24-25-23(27)21-10-9-18(31-21)15-30-17-6-4-3-5-7-17/h3-7,9-10,12-14H,8,11,15H2,1-2H3,(H,24,26)(H,25,27). The largest absolute Gasteiger partial charge is 0.497 e. The Bertz CT molecular complexity index is 994. The number of hydrogen-bond donors (Lipinski definition) is 2. The second-order valence-corrected chi connectivity index (χ2v) is 6.59. The molecule has 2 amide bonds. The molecule has 31 heavy (non-hydrogen) atoms. The Labute approximate surface area is 180 Å². The van der Waals surface area contributed by atoms with E-state index < -0.39 is 5.91 Å². The lowest BCUT2D eigenvalue weighted by molar-refractivity contribution is -0.121.